The van der Waals surface area contributed by atoms with Gasteiger partial charge < -0.3 is 9.47 Å². The number of hydrogen-bond donors (Lipinski definition) is 0. The number of rotatable bonds is 4. The normalized spacial score (nSPS) is 19.0. The van der Waals surface area contributed by atoms with Crippen molar-refractivity contribution < 1.29 is 4.79 Å². The number of aromatic nitrogens is 3. The zero-order valence-corrected chi connectivity index (χ0v) is 18.6. The topological polar surface area (TPSA) is 60.1 Å². The third-order valence-electron chi connectivity index (χ3n) is 6.46. The van der Waals surface area contributed by atoms with Gasteiger partial charge in [-0.15, -0.1) is 0 Å². The van der Waals surface area contributed by atoms with Gasteiger partial charge in [0, 0.05) is 35.9 Å². The molecule has 1 saturated heterocycles. The van der Waals surface area contributed by atoms with Gasteiger partial charge in [-0.05, 0) is 29.9 Å². The van der Waals surface area contributed by atoms with Crippen molar-refractivity contribution in [2.45, 2.75) is 33.4 Å². The lowest BCUT2D eigenvalue weighted by atomic mass is 9.92. The molecule has 1 amide bonds. The van der Waals surface area contributed by atoms with Gasteiger partial charge >= 0.3 is 0 Å². The standard InChI is InChI=1S/C26H28N4O2/c1-18-12-19(2)15-28(14-18)24(31)17-30-26(32)25-22(13-27-30)21-10-6-7-11-23(21)29(25)16-20-8-4-3-5-9-20/h3-11,13,18-19H,12,14-17H2,1-2H3. The third kappa shape index (κ3) is 3.70. The summed E-state index contributed by atoms with van der Waals surface area (Å²) < 4.78 is 3.38. The highest BCUT2D eigenvalue weighted by atomic mass is 16.2. The van der Waals surface area contributed by atoms with Crippen LogP contribution in [0.25, 0.3) is 21.8 Å². The lowest BCUT2D eigenvalue weighted by Crippen LogP contribution is -2.45. The summed E-state index contributed by atoms with van der Waals surface area (Å²) >= 11 is 0. The lowest BCUT2D eigenvalue weighted by Gasteiger charge is -2.35. The number of nitrogens with zero attached hydrogens (tertiary/aromatic N) is 4. The van der Waals surface area contributed by atoms with Crippen molar-refractivity contribution in [2.24, 2.45) is 11.8 Å². The van der Waals surface area contributed by atoms with Gasteiger partial charge in [-0.1, -0.05) is 62.4 Å². The van der Waals surface area contributed by atoms with E-state index < -0.39 is 0 Å². The molecule has 2 atom stereocenters. The molecule has 0 N–H and O–H groups in total. The van der Waals surface area contributed by atoms with Gasteiger partial charge in [0.1, 0.15) is 12.1 Å². The van der Waals surface area contributed by atoms with Crippen LogP contribution < -0.4 is 5.56 Å². The van der Waals surface area contributed by atoms with E-state index in [1.54, 1.807) is 6.20 Å². The van der Waals surface area contributed by atoms with E-state index in [0.717, 1.165) is 41.4 Å². The molecule has 164 valence electrons. The van der Waals surface area contributed by atoms with E-state index in [9.17, 15) is 9.59 Å². The Morgan fingerprint density at radius 3 is 2.41 bits per heavy atom. The molecule has 0 aliphatic carbocycles. The van der Waals surface area contributed by atoms with Gasteiger partial charge in [0.25, 0.3) is 5.56 Å². The first kappa shape index (κ1) is 20.5. The Morgan fingerprint density at radius 2 is 1.66 bits per heavy atom. The Morgan fingerprint density at radius 1 is 0.969 bits per heavy atom. The van der Waals surface area contributed by atoms with E-state index in [4.69, 9.17) is 0 Å². The number of benzene rings is 2. The SMILES string of the molecule is CC1CC(C)CN(C(=O)Cn2ncc3c4ccccc4n(Cc4ccccc4)c3c2=O)C1. The minimum atomic E-state index is -0.221. The van der Waals surface area contributed by atoms with E-state index >= 15 is 0 Å². The summed E-state index contributed by atoms with van der Waals surface area (Å²) in [5.41, 5.74) is 2.48. The van der Waals surface area contributed by atoms with E-state index in [0.29, 0.717) is 23.9 Å². The molecule has 32 heavy (non-hydrogen) atoms. The Hall–Kier alpha value is -3.41. The van der Waals surface area contributed by atoms with Crippen LogP contribution in [0.15, 0.2) is 65.6 Å². The molecule has 0 radical (unpaired) electrons. The molecule has 1 aliphatic heterocycles. The van der Waals surface area contributed by atoms with Crippen molar-refractivity contribution in [3.8, 4) is 0 Å². The van der Waals surface area contributed by atoms with Gasteiger partial charge in [-0.3, -0.25) is 9.59 Å². The predicted molar refractivity (Wildman–Crippen MR) is 127 cm³/mol. The third-order valence-corrected chi connectivity index (χ3v) is 6.46. The molecule has 2 aromatic heterocycles. The number of piperidine rings is 1. The monoisotopic (exact) mass is 428 g/mol. The molecule has 2 aromatic carbocycles. The van der Waals surface area contributed by atoms with Gasteiger partial charge in [0.05, 0.1) is 6.20 Å². The second-order valence-electron chi connectivity index (χ2n) is 9.20. The fraction of sp³-hybridized carbons (Fsp3) is 0.346. The number of fused-ring (bicyclic) bond motifs is 3. The van der Waals surface area contributed by atoms with Crippen molar-refractivity contribution in [1.82, 2.24) is 19.2 Å². The van der Waals surface area contributed by atoms with Crippen LogP contribution in [0.1, 0.15) is 25.8 Å². The Bertz CT molecular complexity index is 1330. The van der Waals surface area contributed by atoms with Crippen LogP contribution in [0.3, 0.4) is 0 Å². The molecule has 2 unspecified atom stereocenters. The second kappa shape index (κ2) is 8.26. The van der Waals surface area contributed by atoms with Crippen LogP contribution in [0, 0.1) is 11.8 Å². The average Bonchev–Trinajstić information content (AvgIpc) is 3.10. The molecular weight excluding hydrogens is 400 g/mol. The zero-order valence-electron chi connectivity index (χ0n) is 18.6. The lowest BCUT2D eigenvalue weighted by molar-refractivity contribution is -0.134. The smallest absolute Gasteiger partial charge is 0.291 e. The molecule has 0 saturated carbocycles. The summed E-state index contributed by atoms with van der Waals surface area (Å²) in [6.45, 7) is 6.39. The van der Waals surface area contributed by atoms with Crippen molar-refractivity contribution in [2.75, 3.05) is 13.1 Å². The summed E-state index contributed by atoms with van der Waals surface area (Å²) in [5.74, 6) is 0.912. The Kier molecular flexibility index (Phi) is 5.29. The maximum absolute atomic E-state index is 13.6. The van der Waals surface area contributed by atoms with Crippen LogP contribution in [-0.4, -0.2) is 38.2 Å². The van der Waals surface area contributed by atoms with E-state index in [1.165, 1.54) is 4.68 Å². The quantitative estimate of drug-likeness (QED) is 0.495. The molecule has 1 fully saturated rings. The van der Waals surface area contributed by atoms with Crippen molar-refractivity contribution in [3.05, 3.63) is 76.7 Å². The molecular formula is C26H28N4O2. The average molecular weight is 429 g/mol. The van der Waals surface area contributed by atoms with Crippen LogP contribution in [0.4, 0.5) is 0 Å². The molecule has 0 spiro atoms. The van der Waals surface area contributed by atoms with Gasteiger partial charge in [-0.2, -0.15) is 5.10 Å². The fourth-order valence-corrected chi connectivity index (χ4v) is 5.13. The summed E-state index contributed by atoms with van der Waals surface area (Å²) in [6, 6.07) is 18.1. The minimum absolute atomic E-state index is 0.0267. The predicted octanol–water partition coefficient (Wildman–Crippen LogP) is 3.90. The summed E-state index contributed by atoms with van der Waals surface area (Å²) in [4.78, 5) is 28.5. The van der Waals surface area contributed by atoms with Crippen LogP contribution in [0.2, 0.25) is 0 Å². The summed E-state index contributed by atoms with van der Waals surface area (Å²) in [6.07, 6.45) is 2.86. The number of likely N-dealkylation sites (tertiary alicyclic amines) is 1. The van der Waals surface area contributed by atoms with Crippen LogP contribution >= 0.6 is 0 Å². The van der Waals surface area contributed by atoms with Crippen molar-refractivity contribution >= 4 is 27.7 Å². The second-order valence-corrected chi connectivity index (χ2v) is 9.20. The highest BCUT2D eigenvalue weighted by Gasteiger charge is 2.26. The Balaban J connectivity index is 1.57. The zero-order chi connectivity index (χ0) is 22.2. The Labute approximate surface area is 187 Å². The molecule has 5 rings (SSSR count). The molecule has 0 bridgehead atoms. The number of carbonyl (C=O) groups is 1. The van der Waals surface area contributed by atoms with Gasteiger partial charge in [0.15, 0.2) is 0 Å². The van der Waals surface area contributed by atoms with Gasteiger partial charge in [-0.25, -0.2) is 4.68 Å². The first-order chi connectivity index (χ1) is 15.5. The highest BCUT2D eigenvalue weighted by Crippen LogP contribution is 2.27. The molecule has 6 nitrogen and oxygen atoms in total. The summed E-state index contributed by atoms with van der Waals surface area (Å²) in [5, 5.41) is 6.22. The number of carbonyl (C=O) groups excluding carboxylic acids is 1. The van der Waals surface area contributed by atoms with E-state index in [-0.39, 0.29) is 18.0 Å². The van der Waals surface area contributed by atoms with Crippen molar-refractivity contribution in [3.63, 3.8) is 0 Å². The summed E-state index contributed by atoms with van der Waals surface area (Å²) in [7, 11) is 0. The van der Waals surface area contributed by atoms with E-state index in [2.05, 4.69) is 35.6 Å². The van der Waals surface area contributed by atoms with E-state index in [1.807, 2.05) is 47.4 Å². The molecule has 3 heterocycles. The minimum Gasteiger partial charge on any atom is -0.341 e. The molecule has 1 aliphatic rings. The largest absolute Gasteiger partial charge is 0.341 e. The first-order valence-electron chi connectivity index (χ1n) is 11.3. The van der Waals surface area contributed by atoms with Crippen molar-refractivity contribution in [1.29, 1.82) is 0 Å². The fourth-order valence-electron chi connectivity index (χ4n) is 5.13. The van der Waals surface area contributed by atoms with Crippen LogP contribution in [0.5, 0.6) is 0 Å². The number of para-hydroxylation sites is 1. The van der Waals surface area contributed by atoms with Crippen LogP contribution in [-0.2, 0) is 17.9 Å². The maximum atomic E-state index is 13.6. The number of hydrogen-bond acceptors (Lipinski definition) is 3. The first-order valence-corrected chi connectivity index (χ1v) is 11.3. The molecule has 6 heteroatoms. The van der Waals surface area contributed by atoms with Gasteiger partial charge in [0.2, 0.25) is 5.91 Å². The molecule has 4 aromatic rings. The maximum Gasteiger partial charge on any atom is 0.291 e. The number of amides is 1. The highest BCUT2D eigenvalue weighted by molar-refractivity contribution is 6.07.